The second-order valence-corrected chi connectivity index (χ2v) is 7.32. The van der Waals surface area contributed by atoms with E-state index < -0.39 is 0 Å². The number of nitrogens with one attached hydrogen (secondary N) is 1. The van der Waals surface area contributed by atoms with E-state index in [4.69, 9.17) is 9.47 Å². The van der Waals surface area contributed by atoms with Gasteiger partial charge < -0.3 is 14.8 Å². The summed E-state index contributed by atoms with van der Waals surface area (Å²) in [5.74, 6) is 0.0867. The highest BCUT2D eigenvalue weighted by Crippen LogP contribution is 2.32. The normalized spacial score (nSPS) is 16.5. The van der Waals surface area contributed by atoms with Gasteiger partial charge in [0.1, 0.15) is 5.82 Å². The molecule has 2 aromatic heterocycles. The number of methoxy groups -OCH3 is 2. The highest BCUT2D eigenvalue weighted by Gasteiger charge is 2.31. The minimum absolute atomic E-state index is 0.0159. The fourth-order valence-corrected chi connectivity index (χ4v) is 3.76. The number of rotatable bonds is 7. The van der Waals surface area contributed by atoms with E-state index in [2.05, 4.69) is 15.3 Å². The molecule has 3 heterocycles. The Morgan fingerprint density at radius 2 is 1.93 bits per heavy atom. The van der Waals surface area contributed by atoms with Gasteiger partial charge in [0.15, 0.2) is 0 Å². The molecule has 8 nitrogen and oxygen atoms in total. The van der Waals surface area contributed by atoms with Crippen LogP contribution < -0.4 is 10.9 Å². The summed E-state index contributed by atoms with van der Waals surface area (Å²) >= 11 is 0. The van der Waals surface area contributed by atoms with Gasteiger partial charge >= 0.3 is 0 Å². The average Bonchev–Trinajstić information content (AvgIpc) is 3.27. The lowest BCUT2D eigenvalue weighted by molar-refractivity contribution is 0.0994. The van der Waals surface area contributed by atoms with Gasteiger partial charge in [-0.1, -0.05) is 12.1 Å². The molecule has 1 aliphatic rings. The van der Waals surface area contributed by atoms with Gasteiger partial charge in [-0.25, -0.2) is 19.0 Å². The van der Waals surface area contributed by atoms with Gasteiger partial charge in [-0.05, 0) is 30.7 Å². The third-order valence-corrected chi connectivity index (χ3v) is 5.14. The van der Waals surface area contributed by atoms with E-state index in [1.54, 1.807) is 43.3 Å². The van der Waals surface area contributed by atoms with Crippen molar-refractivity contribution < 1.29 is 13.9 Å². The molecule has 1 unspecified atom stereocenters. The van der Waals surface area contributed by atoms with Crippen molar-refractivity contribution in [3.05, 3.63) is 52.7 Å². The molecular weight excluding hydrogens is 389 g/mol. The third kappa shape index (κ3) is 3.73. The van der Waals surface area contributed by atoms with Crippen LogP contribution in [-0.4, -0.2) is 52.3 Å². The molecule has 0 amide bonds. The van der Waals surface area contributed by atoms with Crippen molar-refractivity contribution in [2.75, 3.05) is 26.1 Å². The van der Waals surface area contributed by atoms with E-state index >= 15 is 0 Å². The quantitative estimate of drug-likeness (QED) is 0.640. The summed E-state index contributed by atoms with van der Waals surface area (Å²) in [5, 5.41) is 3.20. The fraction of sp³-hybridized carbons (Fsp3) is 0.381. The zero-order chi connectivity index (χ0) is 21.3. The largest absolute Gasteiger partial charge is 0.383 e. The van der Waals surface area contributed by atoms with Crippen molar-refractivity contribution >= 4 is 5.95 Å². The number of nitrogens with zero attached hydrogens (tertiary/aromatic N) is 4. The molecule has 3 aromatic rings. The molecule has 30 heavy (non-hydrogen) atoms. The minimum atomic E-state index is -0.354. The van der Waals surface area contributed by atoms with Crippen LogP contribution in [-0.2, 0) is 22.6 Å². The third-order valence-electron chi connectivity index (χ3n) is 5.14. The SMILES string of the molecule is COC[C@H](C)Nc1nccc(-c2c(-c3ccc(F)cc3)c(=O)n3n2CC(OC)C3)n1. The zero-order valence-corrected chi connectivity index (χ0v) is 17.1. The Hall–Kier alpha value is -3.04. The summed E-state index contributed by atoms with van der Waals surface area (Å²) in [5.41, 5.74) is 2.23. The second kappa shape index (κ2) is 8.37. The molecule has 9 heteroatoms. The van der Waals surface area contributed by atoms with Crippen LogP contribution in [0.1, 0.15) is 6.92 Å². The summed E-state index contributed by atoms with van der Waals surface area (Å²) in [7, 11) is 3.26. The highest BCUT2D eigenvalue weighted by molar-refractivity contribution is 5.79. The van der Waals surface area contributed by atoms with Crippen molar-refractivity contribution in [1.29, 1.82) is 0 Å². The van der Waals surface area contributed by atoms with Crippen LogP contribution in [0.2, 0.25) is 0 Å². The van der Waals surface area contributed by atoms with Crippen LogP contribution >= 0.6 is 0 Å². The van der Waals surface area contributed by atoms with Crippen LogP contribution in [0.5, 0.6) is 0 Å². The number of hydrogen-bond donors (Lipinski definition) is 1. The van der Waals surface area contributed by atoms with Gasteiger partial charge in [-0.15, -0.1) is 0 Å². The van der Waals surface area contributed by atoms with Gasteiger partial charge in [0, 0.05) is 26.5 Å². The molecule has 1 aromatic carbocycles. The summed E-state index contributed by atoms with van der Waals surface area (Å²) in [6, 6.07) is 7.71. The fourth-order valence-electron chi connectivity index (χ4n) is 3.76. The topological polar surface area (TPSA) is 83.2 Å². The first kappa shape index (κ1) is 20.2. The standard InChI is InChI=1S/C21H24FN5O3/c1-13(12-29-2)24-21-23-9-8-17(25-21)19-18(14-4-6-15(22)7-5-14)20(28)27-11-16(30-3)10-26(19)27/h4-9,13,16H,10-12H2,1-3H3,(H,23,24,25)/t13-,16?/m0/s1. The Bertz CT molecular complexity index is 1090. The Morgan fingerprint density at radius 3 is 2.63 bits per heavy atom. The minimum Gasteiger partial charge on any atom is -0.383 e. The molecule has 2 atom stereocenters. The maximum atomic E-state index is 13.5. The molecule has 4 rings (SSSR count). The molecule has 1 aliphatic heterocycles. The number of ether oxygens (including phenoxy) is 2. The maximum Gasteiger partial charge on any atom is 0.275 e. The number of anilines is 1. The number of hydrogen-bond acceptors (Lipinski definition) is 6. The van der Waals surface area contributed by atoms with Gasteiger partial charge in [-0.2, -0.15) is 0 Å². The Labute approximate surface area is 173 Å². The summed E-state index contributed by atoms with van der Waals surface area (Å²) in [6.07, 6.45) is 1.55. The molecule has 158 valence electrons. The summed E-state index contributed by atoms with van der Waals surface area (Å²) in [4.78, 5) is 22.2. The molecule has 0 spiro atoms. The maximum absolute atomic E-state index is 13.5. The summed E-state index contributed by atoms with van der Waals surface area (Å²) in [6.45, 7) is 3.44. The molecule has 1 N–H and O–H groups in total. The smallest absolute Gasteiger partial charge is 0.275 e. The lowest BCUT2D eigenvalue weighted by atomic mass is 10.0. The van der Waals surface area contributed by atoms with Gasteiger partial charge in [0.2, 0.25) is 5.95 Å². The van der Waals surface area contributed by atoms with Crippen molar-refractivity contribution in [3.63, 3.8) is 0 Å². The van der Waals surface area contributed by atoms with Crippen molar-refractivity contribution in [1.82, 2.24) is 19.3 Å². The van der Waals surface area contributed by atoms with Crippen LogP contribution in [0.4, 0.5) is 10.3 Å². The lowest BCUT2D eigenvalue weighted by Gasteiger charge is -2.14. The van der Waals surface area contributed by atoms with Crippen molar-refractivity contribution in [2.45, 2.75) is 32.2 Å². The van der Waals surface area contributed by atoms with Gasteiger partial charge in [-0.3, -0.25) is 9.48 Å². The highest BCUT2D eigenvalue weighted by atomic mass is 19.1. The predicted octanol–water partition coefficient (Wildman–Crippen LogP) is 2.39. The molecule has 0 saturated heterocycles. The lowest BCUT2D eigenvalue weighted by Crippen LogP contribution is -2.22. The molecular formula is C21H24FN5O3. The first-order valence-corrected chi connectivity index (χ1v) is 9.73. The van der Waals surface area contributed by atoms with E-state index in [-0.39, 0.29) is 23.5 Å². The summed E-state index contributed by atoms with van der Waals surface area (Å²) < 4.78 is 27.7. The Balaban J connectivity index is 1.84. The Morgan fingerprint density at radius 1 is 1.20 bits per heavy atom. The molecule has 0 saturated carbocycles. The first-order chi connectivity index (χ1) is 14.5. The van der Waals surface area contributed by atoms with E-state index in [0.29, 0.717) is 48.2 Å². The number of fused-ring (bicyclic) bond motifs is 1. The predicted molar refractivity (Wildman–Crippen MR) is 111 cm³/mol. The van der Waals surface area contributed by atoms with Crippen LogP contribution in [0.15, 0.2) is 41.3 Å². The van der Waals surface area contributed by atoms with E-state index in [1.165, 1.54) is 12.1 Å². The van der Waals surface area contributed by atoms with Gasteiger partial charge in [0.05, 0.1) is 42.8 Å². The second-order valence-electron chi connectivity index (χ2n) is 7.32. The van der Waals surface area contributed by atoms with Gasteiger partial charge in [0.25, 0.3) is 5.56 Å². The van der Waals surface area contributed by atoms with E-state index in [9.17, 15) is 9.18 Å². The van der Waals surface area contributed by atoms with Crippen LogP contribution in [0, 0.1) is 5.82 Å². The molecule has 0 fully saturated rings. The van der Waals surface area contributed by atoms with E-state index in [1.807, 2.05) is 11.6 Å². The van der Waals surface area contributed by atoms with Crippen LogP contribution in [0.25, 0.3) is 22.5 Å². The first-order valence-electron chi connectivity index (χ1n) is 9.73. The Kier molecular flexibility index (Phi) is 5.65. The molecule has 0 bridgehead atoms. The zero-order valence-electron chi connectivity index (χ0n) is 17.1. The average molecular weight is 413 g/mol. The number of halogens is 1. The van der Waals surface area contributed by atoms with Crippen molar-refractivity contribution in [3.8, 4) is 22.5 Å². The molecule has 0 radical (unpaired) electrons. The monoisotopic (exact) mass is 413 g/mol. The molecule has 0 aliphatic carbocycles. The number of aromatic nitrogens is 4. The van der Waals surface area contributed by atoms with Crippen LogP contribution in [0.3, 0.4) is 0 Å². The van der Waals surface area contributed by atoms with Crippen molar-refractivity contribution in [2.24, 2.45) is 0 Å². The number of benzene rings is 1. The van der Waals surface area contributed by atoms with E-state index in [0.717, 1.165) is 0 Å².